The van der Waals surface area contributed by atoms with Gasteiger partial charge in [0.25, 0.3) is 0 Å². The van der Waals surface area contributed by atoms with E-state index in [-0.39, 0.29) is 22.5 Å². The van der Waals surface area contributed by atoms with Crippen molar-refractivity contribution >= 4 is 21.4 Å². The number of rotatable bonds is 5. The number of amidine groups is 1. The molecule has 1 aromatic rings. The van der Waals surface area contributed by atoms with Crippen LogP contribution in [0.2, 0.25) is 0 Å². The molecule has 3 aliphatic carbocycles. The van der Waals surface area contributed by atoms with Crippen LogP contribution in [0.4, 0.5) is 5.82 Å². The van der Waals surface area contributed by atoms with Crippen molar-refractivity contribution in [3.05, 3.63) is 5.69 Å². The predicted molar refractivity (Wildman–Crippen MR) is 71.1 cm³/mol. The summed E-state index contributed by atoms with van der Waals surface area (Å²) in [5.41, 5.74) is 5.55. The summed E-state index contributed by atoms with van der Waals surface area (Å²) in [6.45, 7) is 0. The minimum Gasteiger partial charge on any atom is -0.409 e. The van der Waals surface area contributed by atoms with Gasteiger partial charge in [0, 0.05) is 27.3 Å². The summed E-state index contributed by atoms with van der Waals surface area (Å²) in [6.07, 6.45) is 4.00. The van der Waals surface area contributed by atoms with Crippen LogP contribution in [0.25, 0.3) is 0 Å². The van der Waals surface area contributed by atoms with Crippen molar-refractivity contribution in [3.8, 4) is 0 Å². The molecule has 5 N–H and O–H groups in total. The number of nitrogens with one attached hydrogen (secondary N) is 2. The SMILES string of the molecule is CS(=N)(=O)CC12CC(Nc3nonc3/C(N)=N\O)(C1)C2. The molecule has 1 aromatic heterocycles. The maximum absolute atomic E-state index is 11.6. The lowest BCUT2D eigenvalue weighted by Gasteiger charge is -2.70. The van der Waals surface area contributed by atoms with Crippen LogP contribution in [0.1, 0.15) is 25.0 Å². The normalized spacial score (nSPS) is 34.8. The molecule has 0 amide bonds. The van der Waals surface area contributed by atoms with Crippen molar-refractivity contribution in [3.63, 3.8) is 0 Å². The van der Waals surface area contributed by atoms with E-state index in [0.29, 0.717) is 11.6 Å². The summed E-state index contributed by atoms with van der Waals surface area (Å²) in [5.74, 6) is 0.614. The Morgan fingerprint density at radius 1 is 1.60 bits per heavy atom. The van der Waals surface area contributed by atoms with E-state index in [9.17, 15) is 4.21 Å². The number of nitrogens with zero attached hydrogens (tertiary/aromatic N) is 3. The Labute approximate surface area is 115 Å². The molecular formula is C10H16N6O3S. The molecule has 3 fully saturated rings. The lowest BCUT2D eigenvalue weighted by Crippen LogP contribution is -2.72. The van der Waals surface area contributed by atoms with Gasteiger partial charge in [0.1, 0.15) is 0 Å². The molecule has 3 saturated carbocycles. The first-order valence-electron chi connectivity index (χ1n) is 6.07. The first kappa shape index (κ1) is 13.2. The van der Waals surface area contributed by atoms with Crippen LogP contribution < -0.4 is 11.1 Å². The Bertz CT molecular complexity index is 659. The molecule has 0 saturated heterocycles. The van der Waals surface area contributed by atoms with Gasteiger partial charge in [-0.15, -0.1) is 0 Å². The number of hydrogen-bond acceptors (Lipinski definition) is 8. The Kier molecular flexibility index (Phi) is 2.53. The molecule has 0 spiro atoms. The van der Waals surface area contributed by atoms with E-state index in [4.69, 9.17) is 15.7 Å². The predicted octanol–water partition coefficient (Wildman–Crippen LogP) is 0.175. The Morgan fingerprint density at radius 2 is 2.25 bits per heavy atom. The zero-order valence-electron chi connectivity index (χ0n) is 10.9. The third-order valence-electron chi connectivity index (χ3n) is 3.94. The van der Waals surface area contributed by atoms with Crippen LogP contribution in [0.3, 0.4) is 0 Å². The van der Waals surface area contributed by atoms with Gasteiger partial charge in [0.2, 0.25) is 5.82 Å². The Morgan fingerprint density at radius 3 is 2.80 bits per heavy atom. The van der Waals surface area contributed by atoms with Gasteiger partial charge in [0.15, 0.2) is 11.5 Å². The molecule has 2 bridgehead atoms. The van der Waals surface area contributed by atoms with E-state index < -0.39 is 9.73 Å². The third-order valence-corrected chi connectivity index (χ3v) is 5.11. The van der Waals surface area contributed by atoms with Gasteiger partial charge in [-0.3, -0.25) is 8.99 Å². The van der Waals surface area contributed by atoms with E-state index in [2.05, 4.69) is 25.4 Å². The molecule has 9 nitrogen and oxygen atoms in total. The molecule has 4 rings (SSSR count). The molecule has 0 aliphatic heterocycles. The number of anilines is 1. The molecule has 1 unspecified atom stereocenters. The van der Waals surface area contributed by atoms with Gasteiger partial charge >= 0.3 is 0 Å². The lowest BCUT2D eigenvalue weighted by molar-refractivity contribution is -0.0964. The van der Waals surface area contributed by atoms with E-state index in [1.165, 1.54) is 6.26 Å². The number of oxime groups is 1. The number of nitrogens with two attached hydrogens (primary N) is 1. The molecule has 1 heterocycles. The van der Waals surface area contributed by atoms with Crippen molar-refractivity contribution in [2.45, 2.75) is 24.8 Å². The average molecular weight is 300 g/mol. The molecule has 3 aliphatic rings. The fourth-order valence-corrected chi connectivity index (χ4v) is 5.08. The second kappa shape index (κ2) is 3.84. The fraction of sp³-hybridized carbons (Fsp3) is 0.700. The Balaban J connectivity index is 1.68. The molecule has 20 heavy (non-hydrogen) atoms. The summed E-state index contributed by atoms with van der Waals surface area (Å²) >= 11 is 0. The largest absolute Gasteiger partial charge is 0.409 e. The minimum atomic E-state index is -2.47. The first-order valence-corrected chi connectivity index (χ1v) is 8.20. The molecule has 10 heteroatoms. The first-order chi connectivity index (χ1) is 9.27. The highest BCUT2D eigenvalue weighted by molar-refractivity contribution is 7.91. The van der Waals surface area contributed by atoms with E-state index >= 15 is 0 Å². The van der Waals surface area contributed by atoms with Gasteiger partial charge in [0.05, 0.1) is 0 Å². The van der Waals surface area contributed by atoms with Crippen molar-refractivity contribution in [2.75, 3.05) is 17.3 Å². The summed E-state index contributed by atoms with van der Waals surface area (Å²) in [7, 11) is -2.47. The Hall–Kier alpha value is -1.84. The zero-order valence-corrected chi connectivity index (χ0v) is 11.7. The number of hydrogen-bond donors (Lipinski definition) is 4. The average Bonchev–Trinajstić information content (AvgIpc) is 2.69. The van der Waals surface area contributed by atoms with Crippen molar-refractivity contribution < 1.29 is 14.0 Å². The summed E-state index contributed by atoms with van der Waals surface area (Å²) < 4.78 is 23.7. The van der Waals surface area contributed by atoms with Crippen LogP contribution in [0.5, 0.6) is 0 Å². The maximum atomic E-state index is 11.6. The molecular weight excluding hydrogens is 284 g/mol. The van der Waals surface area contributed by atoms with E-state index in [0.717, 1.165) is 19.3 Å². The van der Waals surface area contributed by atoms with Gasteiger partial charge < -0.3 is 16.3 Å². The van der Waals surface area contributed by atoms with Crippen LogP contribution >= 0.6 is 0 Å². The summed E-state index contributed by atoms with van der Waals surface area (Å²) in [6, 6.07) is 0. The van der Waals surface area contributed by atoms with E-state index in [1.54, 1.807) is 0 Å². The third kappa shape index (κ3) is 1.99. The smallest absolute Gasteiger partial charge is 0.202 e. The van der Waals surface area contributed by atoms with Crippen molar-refractivity contribution in [1.29, 1.82) is 4.78 Å². The fourth-order valence-electron chi connectivity index (χ4n) is 3.61. The van der Waals surface area contributed by atoms with Gasteiger partial charge in [-0.2, -0.15) is 0 Å². The van der Waals surface area contributed by atoms with E-state index in [1.807, 2.05) is 0 Å². The van der Waals surface area contributed by atoms with Crippen LogP contribution in [0, 0.1) is 10.2 Å². The zero-order chi connectivity index (χ0) is 14.6. The molecule has 0 radical (unpaired) electrons. The summed E-state index contributed by atoms with van der Waals surface area (Å²) in [5, 5.41) is 22.0. The topological polar surface area (TPSA) is 150 Å². The molecule has 110 valence electrons. The summed E-state index contributed by atoms with van der Waals surface area (Å²) in [4.78, 5) is 0. The van der Waals surface area contributed by atoms with Crippen LogP contribution in [-0.2, 0) is 9.73 Å². The van der Waals surface area contributed by atoms with Crippen molar-refractivity contribution in [2.24, 2.45) is 16.3 Å². The maximum Gasteiger partial charge on any atom is 0.202 e. The lowest BCUT2D eigenvalue weighted by atomic mass is 9.40. The molecule has 1 atom stereocenters. The van der Waals surface area contributed by atoms with Gasteiger partial charge in [-0.05, 0) is 35.0 Å². The van der Waals surface area contributed by atoms with Gasteiger partial charge in [-0.1, -0.05) is 5.16 Å². The van der Waals surface area contributed by atoms with Gasteiger partial charge in [-0.25, -0.2) is 4.63 Å². The quantitative estimate of drug-likeness (QED) is 0.262. The number of aromatic nitrogens is 2. The highest BCUT2D eigenvalue weighted by Crippen LogP contribution is 2.68. The highest BCUT2D eigenvalue weighted by atomic mass is 32.2. The van der Waals surface area contributed by atoms with Crippen molar-refractivity contribution in [1.82, 2.24) is 10.3 Å². The second-order valence-electron chi connectivity index (χ2n) is 6.03. The standard InChI is InChI=1S/C10H16N6O3S/c1-20(12,18)5-9-2-10(3-9,4-9)13-8-6(7(11)14-17)15-19-16-8/h12,17H,2-5H2,1H3,(H2,11,14)(H,13,16). The minimum absolute atomic E-state index is 0.0223. The second-order valence-corrected chi connectivity index (χ2v) is 8.33. The highest BCUT2D eigenvalue weighted by Gasteiger charge is 2.68. The monoisotopic (exact) mass is 300 g/mol. The molecule has 0 aromatic carbocycles. The van der Waals surface area contributed by atoms with Crippen LogP contribution in [-0.4, -0.2) is 43.1 Å². The van der Waals surface area contributed by atoms with Crippen LogP contribution in [0.15, 0.2) is 9.78 Å².